The van der Waals surface area contributed by atoms with E-state index in [0.717, 1.165) is 11.1 Å². The average Bonchev–Trinajstić information content (AvgIpc) is 2.67. The van der Waals surface area contributed by atoms with Gasteiger partial charge in [0.2, 0.25) is 0 Å². The topological polar surface area (TPSA) is 30.2 Å². The molecular weight excluding hydrogens is 164 g/mol. The summed E-state index contributed by atoms with van der Waals surface area (Å²) in [5.74, 6) is 0.360. The molecule has 0 fully saturated rings. The third kappa shape index (κ3) is 1.51. The predicted molar refractivity (Wildman–Crippen MR) is 49.5 cm³/mol. The largest absolute Gasteiger partial charge is 0.461 e. The Kier molecular flexibility index (Phi) is 1.96. The molecule has 0 aliphatic carbocycles. The molecule has 13 heavy (non-hydrogen) atoms. The Hall–Kier alpha value is -1.83. The van der Waals surface area contributed by atoms with Crippen LogP contribution < -0.4 is 0 Å². The molecule has 1 heterocycles. The van der Waals surface area contributed by atoms with Crippen LogP contribution in [0, 0.1) is 0 Å². The normalized spacial score (nSPS) is 9.85. The highest BCUT2D eigenvalue weighted by molar-refractivity contribution is 5.75. The van der Waals surface area contributed by atoms with Gasteiger partial charge in [-0.05, 0) is 11.6 Å². The molecule has 2 rings (SSSR count). The molecule has 0 saturated heterocycles. The molecule has 2 nitrogen and oxygen atoms in total. The second-order valence-corrected chi connectivity index (χ2v) is 2.72. The highest BCUT2D eigenvalue weighted by Gasteiger charge is 2.01. The van der Waals surface area contributed by atoms with Crippen molar-refractivity contribution < 1.29 is 9.21 Å². The Morgan fingerprint density at radius 2 is 1.85 bits per heavy atom. The van der Waals surface area contributed by atoms with Gasteiger partial charge in [-0.25, -0.2) is 0 Å². The van der Waals surface area contributed by atoms with Gasteiger partial charge in [-0.3, -0.25) is 4.79 Å². The SMILES string of the molecule is O=Cc1cc(-c2ccccc2)co1. The van der Waals surface area contributed by atoms with Crippen LogP contribution in [0.4, 0.5) is 0 Å². The zero-order chi connectivity index (χ0) is 9.10. The van der Waals surface area contributed by atoms with Crippen molar-refractivity contribution in [2.24, 2.45) is 0 Å². The fourth-order valence-corrected chi connectivity index (χ4v) is 1.20. The molecule has 2 heteroatoms. The van der Waals surface area contributed by atoms with Gasteiger partial charge < -0.3 is 4.42 Å². The first-order valence-corrected chi connectivity index (χ1v) is 3.99. The molecule has 0 atom stereocenters. The van der Waals surface area contributed by atoms with Gasteiger partial charge in [0, 0.05) is 5.56 Å². The Morgan fingerprint density at radius 3 is 2.46 bits per heavy atom. The molecule has 0 amide bonds. The van der Waals surface area contributed by atoms with Crippen molar-refractivity contribution in [3.63, 3.8) is 0 Å². The van der Waals surface area contributed by atoms with E-state index in [0.29, 0.717) is 12.0 Å². The zero-order valence-electron chi connectivity index (χ0n) is 6.94. The number of furan rings is 1. The van der Waals surface area contributed by atoms with Gasteiger partial charge in [0.25, 0.3) is 0 Å². The van der Waals surface area contributed by atoms with Gasteiger partial charge in [0.15, 0.2) is 12.0 Å². The molecule has 1 aromatic carbocycles. The van der Waals surface area contributed by atoms with Crippen molar-refractivity contribution in [1.82, 2.24) is 0 Å². The highest BCUT2D eigenvalue weighted by atomic mass is 16.3. The zero-order valence-corrected chi connectivity index (χ0v) is 6.94. The molecule has 0 radical (unpaired) electrons. The maximum atomic E-state index is 10.4. The Balaban J connectivity index is 2.41. The van der Waals surface area contributed by atoms with Crippen LogP contribution in [0.15, 0.2) is 47.1 Å². The predicted octanol–water partition coefficient (Wildman–Crippen LogP) is 2.76. The third-order valence-corrected chi connectivity index (χ3v) is 1.84. The van der Waals surface area contributed by atoms with Crippen molar-refractivity contribution in [2.75, 3.05) is 0 Å². The second kappa shape index (κ2) is 3.27. The van der Waals surface area contributed by atoms with E-state index in [4.69, 9.17) is 4.42 Å². The fourth-order valence-electron chi connectivity index (χ4n) is 1.20. The van der Waals surface area contributed by atoms with E-state index in [1.54, 1.807) is 12.3 Å². The molecule has 0 aliphatic rings. The van der Waals surface area contributed by atoms with Crippen LogP contribution in [0.25, 0.3) is 11.1 Å². The molecule has 1 aromatic heterocycles. The molecule has 0 aliphatic heterocycles. The summed E-state index contributed by atoms with van der Waals surface area (Å²) in [6.45, 7) is 0. The lowest BCUT2D eigenvalue weighted by Gasteiger charge is -1.92. The summed E-state index contributed by atoms with van der Waals surface area (Å²) in [7, 11) is 0. The first-order valence-electron chi connectivity index (χ1n) is 3.99. The van der Waals surface area contributed by atoms with E-state index < -0.39 is 0 Å². The van der Waals surface area contributed by atoms with Crippen LogP contribution in [0.5, 0.6) is 0 Å². The molecule has 64 valence electrons. The highest BCUT2D eigenvalue weighted by Crippen LogP contribution is 2.20. The number of hydrogen-bond acceptors (Lipinski definition) is 2. The molecule has 0 N–H and O–H groups in total. The van der Waals surface area contributed by atoms with Crippen LogP contribution >= 0.6 is 0 Å². The van der Waals surface area contributed by atoms with Crippen LogP contribution in [0.2, 0.25) is 0 Å². The van der Waals surface area contributed by atoms with Gasteiger partial charge in [0.05, 0.1) is 6.26 Å². The standard InChI is InChI=1S/C11H8O2/c12-7-11-6-10(8-13-11)9-4-2-1-3-5-9/h1-8H. The molecule has 0 saturated carbocycles. The summed E-state index contributed by atoms with van der Waals surface area (Å²) >= 11 is 0. The summed E-state index contributed by atoms with van der Waals surface area (Å²) in [4.78, 5) is 10.4. The number of rotatable bonds is 2. The summed E-state index contributed by atoms with van der Waals surface area (Å²) in [6, 6.07) is 11.5. The molecule has 0 spiro atoms. The minimum absolute atomic E-state index is 0.360. The lowest BCUT2D eigenvalue weighted by molar-refractivity contribution is 0.110. The van der Waals surface area contributed by atoms with Crippen LogP contribution in [-0.2, 0) is 0 Å². The maximum Gasteiger partial charge on any atom is 0.185 e. The molecule has 0 unspecified atom stereocenters. The van der Waals surface area contributed by atoms with Crippen molar-refractivity contribution in [1.29, 1.82) is 0 Å². The van der Waals surface area contributed by atoms with Crippen LogP contribution in [-0.4, -0.2) is 6.29 Å². The summed E-state index contributed by atoms with van der Waals surface area (Å²) in [5, 5.41) is 0. The Morgan fingerprint density at radius 1 is 1.08 bits per heavy atom. The Labute approximate surface area is 75.8 Å². The Bertz CT molecular complexity index is 401. The average molecular weight is 172 g/mol. The number of hydrogen-bond donors (Lipinski definition) is 0. The van der Waals surface area contributed by atoms with E-state index in [-0.39, 0.29) is 0 Å². The summed E-state index contributed by atoms with van der Waals surface area (Å²) < 4.78 is 5.00. The van der Waals surface area contributed by atoms with Crippen molar-refractivity contribution in [2.45, 2.75) is 0 Å². The number of carbonyl (C=O) groups excluding carboxylic acids is 1. The smallest absolute Gasteiger partial charge is 0.185 e. The van der Waals surface area contributed by atoms with Crippen molar-refractivity contribution in [3.8, 4) is 11.1 Å². The number of aldehydes is 1. The second-order valence-electron chi connectivity index (χ2n) is 2.72. The van der Waals surface area contributed by atoms with Crippen LogP contribution in [0.3, 0.4) is 0 Å². The van der Waals surface area contributed by atoms with Gasteiger partial charge in [-0.2, -0.15) is 0 Å². The van der Waals surface area contributed by atoms with E-state index in [1.807, 2.05) is 30.3 Å². The minimum Gasteiger partial charge on any atom is -0.461 e. The lowest BCUT2D eigenvalue weighted by Crippen LogP contribution is -1.71. The fraction of sp³-hybridized carbons (Fsp3) is 0. The van der Waals surface area contributed by atoms with Crippen molar-refractivity contribution >= 4 is 6.29 Å². The summed E-state index contributed by atoms with van der Waals surface area (Å²) in [6.07, 6.45) is 2.28. The van der Waals surface area contributed by atoms with Gasteiger partial charge in [-0.15, -0.1) is 0 Å². The van der Waals surface area contributed by atoms with E-state index >= 15 is 0 Å². The van der Waals surface area contributed by atoms with Crippen molar-refractivity contribution in [3.05, 3.63) is 48.4 Å². The first kappa shape index (κ1) is 7.80. The van der Waals surface area contributed by atoms with Gasteiger partial charge in [0.1, 0.15) is 0 Å². The minimum atomic E-state index is 0.360. The molecule has 2 aromatic rings. The van der Waals surface area contributed by atoms with E-state index in [2.05, 4.69) is 0 Å². The molecular formula is C11H8O2. The maximum absolute atomic E-state index is 10.4. The molecule has 0 bridgehead atoms. The van der Waals surface area contributed by atoms with E-state index in [9.17, 15) is 4.79 Å². The third-order valence-electron chi connectivity index (χ3n) is 1.84. The lowest BCUT2D eigenvalue weighted by atomic mass is 10.1. The quantitative estimate of drug-likeness (QED) is 0.652. The number of benzene rings is 1. The van der Waals surface area contributed by atoms with Gasteiger partial charge >= 0.3 is 0 Å². The van der Waals surface area contributed by atoms with Crippen LogP contribution in [0.1, 0.15) is 10.6 Å². The monoisotopic (exact) mass is 172 g/mol. The number of carbonyl (C=O) groups is 1. The van der Waals surface area contributed by atoms with Gasteiger partial charge in [-0.1, -0.05) is 30.3 Å². The first-order chi connectivity index (χ1) is 6.40. The summed E-state index contributed by atoms with van der Waals surface area (Å²) in [5.41, 5.74) is 1.99. The van der Waals surface area contributed by atoms with E-state index in [1.165, 1.54) is 0 Å².